The van der Waals surface area contributed by atoms with E-state index in [-0.39, 0.29) is 18.1 Å². The summed E-state index contributed by atoms with van der Waals surface area (Å²) in [6.45, 7) is 2.32. The molecule has 2 N–H and O–H groups in total. The minimum Gasteiger partial charge on any atom is -0.352 e. The molecule has 10 heteroatoms. The maximum Gasteiger partial charge on any atom is 0.274 e. The first-order valence-corrected chi connectivity index (χ1v) is 10.9. The fourth-order valence-corrected chi connectivity index (χ4v) is 3.48. The number of amides is 2. The maximum atomic E-state index is 13.3. The lowest BCUT2D eigenvalue weighted by Gasteiger charge is -2.09. The van der Waals surface area contributed by atoms with Crippen LogP contribution in [0.1, 0.15) is 39.0 Å². The first-order chi connectivity index (χ1) is 14.9. The van der Waals surface area contributed by atoms with E-state index in [1.165, 1.54) is 16.4 Å². The summed E-state index contributed by atoms with van der Waals surface area (Å²) in [5.41, 5.74) is 2.15. The van der Waals surface area contributed by atoms with E-state index in [0.717, 1.165) is 18.2 Å². The fourth-order valence-electron chi connectivity index (χ4n) is 2.95. The molecule has 0 spiro atoms. The van der Waals surface area contributed by atoms with Gasteiger partial charge in [-0.1, -0.05) is 5.21 Å². The number of carbonyl (C=O) groups is 2. The average Bonchev–Trinajstić information content (AvgIpc) is 3.15. The largest absolute Gasteiger partial charge is 0.352 e. The lowest BCUT2D eigenvalue weighted by Crippen LogP contribution is -2.24. The van der Waals surface area contributed by atoms with Crippen LogP contribution in [0.4, 0.5) is 8.78 Å². The molecule has 0 aliphatic heterocycles. The Morgan fingerprint density at radius 3 is 2.32 bits per heavy atom. The third-order valence-electron chi connectivity index (χ3n) is 4.35. The highest BCUT2D eigenvalue weighted by Crippen LogP contribution is 2.19. The summed E-state index contributed by atoms with van der Waals surface area (Å²) in [4.78, 5) is 24.6. The average molecular weight is 445 g/mol. The molecule has 0 saturated carbocycles. The van der Waals surface area contributed by atoms with Crippen molar-refractivity contribution in [2.24, 2.45) is 0 Å². The number of nitrogens with one attached hydrogen (secondary N) is 2. The molecule has 31 heavy (non-hydrogen) atoms. The van der Waals surface area contributed by atoms with Crippen LogP contribution in [0.5, 0.6) is 0 Å². The van der Waals surface area contributed by atoms with Crippen LogP contribution < -0.4 is 10.6 Å². The van der Waals surface area contributed by atoms with Gasteiger partial charge >= 0.3 is 0 Å². The summed E-state index contributed by atoms with van der Waals surface area (Å²) in [7, 11) is 0. The van der Waals surface area contributed by atoms with Gasteiger partial charge in [-0.15, -0.1) is 5.10 Å². The van der Waals surface area contributed by atoms with Gasteiger partial charge in [-0.3, -0.25) is 9.59 Å². The minimum absolute atomic E-state index is 0.0552. The van der Waals surface area contributed by atoms with Crippen molar-refractivity contribution in [3.8, 4) is 5.69 Å². The van der Waals surface area contributed by atoms with Crippen LogP contribution in [0.25, 0.3) is 5.69 Å². The Bertz CT molecular complexity index is 1070. The second-order valence-electron chi connectivity index (χ2n) is 6.60. The number of thioether (sulfide) groups is 1. The molecular weight excluding hydrogens is 424 g/mol. The van der Waals surface area contributed by atoms with Crippen molar-refractivity contribution < 1.29 is 18.4 Å². The molecular formula is C21H21F2N5O2S. The normalized spacial score (nSPS) is 10.7. The number of halogens is 2. The topological polar surface area (TPSA) is 88.9 Å². The Morgan fingerprint density at radius 1 is 1.03 bits per heavy atom. The van der Waals surface area contributed by atoms with Crippen molar-refractivity contribution in [1.82, 2.24) is 25.6 Å². The molecule has 0 unspecified atom stereocenters. The second-order valence-corrected chi connectivity index (χ2v) is 7.46. The zero-order chi connectivity index (χ0) is 22.4. The van der Waals surface area contributed by atoms with Crippen LogP contribution in [0.2, 0.25) is 0 Å². The van der Waals surface area contributed by atoms with Gasteiger partial charge < -0.3 is 10.6 Å². The van der Waals surface area contributed by atoms with E-state index < -0.39 is 17.5 Å². The van der Waals surface area contributed by atoms with Gasteiger partial charge in [0, 0.05) is 30.5 Å². The van der Waals surface area contributed by atoms with Crippen molar-refractivity contribution in [3.63, 3.8) is 0 Å². The maximum absolute atomic E-state index is 13.3. The van der Waals surface area contributed by atoms with E-state index >= 15 is 0 Å². The lowest BCUT2D eigenvalue weighted by atomic mass is 10.2. The lowest BCUT2D eigenvalue weighted by molar-refractivity contribution is 0.0940. The van der Waals surface area contributed by atoms with Gasteiger partial charge in [0.05, 0.1) is 11.4 Å². The zero-order valence-electron chi connectivity index (χ0n) is 17.0. The van der Waals surface area contributed by atoms with E-state index in [4.69, 9.17) is 0 Å². The molecule has 1 aromatic heterocycles. The summed E-state index contributed by atoms with van der Waals surface area (Å²) < 4.78 is 28.2. The van der Waals surface area contributed by atoms with Crippen LogP contribution in [0, 0.1) is 11.6 Å². The molecule has 0 aliphatic carbocycles. The van der Waals surface area contributed by atoms with Crippen molar-refractivity contribution in [3.05, 3.63) is 76.6 Å². The van der Waals surface area contributed by atoms with Crippen molar-refractivity contribution >= 4 is 23.6 Å². The molecule has 7 nitrogen and oxygen atoms in total. The number of hydrogen-bond donors (Lipinski definition) is 2. The Hall–Kier alpha value is -3.27. The van der Waals surface area contributed by atoms with Crippen molar-refractivity contribution in [2.75, 3.05) is 12.8 Å². The fraction of sp³-hybridized carbons (Fsp3) is 0.238. The summed E-state index contributed by atoms with van der Waals surface area (Å²) >= 11 is 1.49. The smallest absolute Gasteiger partial charge is 0.274 e. The standard InChI is InChI=1S/C21H21F2N5O2S/c1-3-24-20(29)14-4-6-17(7-5-14)28-18(12-31-2)19(26-27-28)21(30)25-11-13-8-15(22)10-16(23)9-13/h4-10H,3,11-12H2,1-2H3,(H,24,29)(H,25,30). The number of benzene rings is 2. The third-order valence-corrected chi connectivity index (χ3v) is 4.91. The van der Waals surface area contributed by atoms with E-state index in [1.807, 2.05) is 13.2 Å². The molecule has 2 amide bonds. The summed E-state index contributed by atoms with van der Waals surface area (Å²) in [5.74, 6) is -1.64. The Balaban J connectivity index is 1.81. The molecule has 1 heterocycles. The highest BCUT2D eigenvalue weighted by atomic mass is 32.2. The van der Waals surface area contributed by atoms with Gasteiger partial charge in [0.1, 0.15) is 11.6 Å². The van der Waals surface area contributed by atoms with Gasteiger partial charge in [-0.25, -0.2) is 13.5 Å². The Kier molecular flexibility index (Phi) is 7.35. The van der Waals surface area contributed by atoms with Gasteiger partial charge in [0.15, 0.2) is 5.69 Å². The summed E-state index contributed by atoms with van der Waals surface area (Å²) in [6.07, 6.45) is 1.88. The van der Waals surface area contributed by atoms with Gasteiger partial charge in [-0.05, 0) is 55.1 Å². The van der Waals surface area contributed by atoms with Gasteiger partial charge in [-0.2, -0.15) is 11.8 Å². The number of rotatable bonds is 8. The van der Waals surface area contributed by atoms with Crippen molar-refractivity contribution in [1.29, 1.82) is 0 Å². The number of hydrogen-bond acceptors (Lipinski definition) is 5. The van der Waals surface area contributed by atoms with E-state index in [1.54, 1.807) is 24.3 Å². The SMILES string of the molecule is CCNC(=O)c1ccc(-n2nnc(C(=O)NCc3cc(F)cc(F)c3)c2CSC)cc1. The van der Waals surface area contributed by atoms with E-state index in [0.29, 0.717) is 34.8 Å². The second kappa shape index (κ2) is 10.2. The van der Waals surface area contributed by atoms with Crippen LogP contribution in [-0.4, -0.2) is 39.6 Å². The zero-order valence-corrected chi connectivity index (χ0v) is 17.8. The van der Waals surface area contributed by atoms with Crippen molar-refractivity contribution in [2.45, 2.75) is 19.2 Å². The third kappa shape index (κ3) is 5.46. The predicted molar refractivity (Wildman–Crippen MR) is 114 cm³/mol. The van der Waals surface area contributed by atoms with Crippen LogP contribution in [0.3, 0.4) is 0 Å². The quantitative estimate of drug-likeness (QED) is 0.556. The summed E-state index contributed by atoms with van der Waals surface area (Å²) in [5, 5.41) is 13.4. The monoisotopic (exact) mass is 445 g/mol. The molecule has 0 atom stereocenters. The molecule has 3 aromatic rings. The van der Waals surface area contributed by atoms with E-state index in [2.05, 4.69) is 20.9 Å². The Morgan fingerprint density at radius 2 is 1.71 bits per heavy atom. The molecule has 0 bridgehead atoms. The number of carbonyl (C=O) groups excluding carboxylic acids is 2. The van der Waals surface area contributed by atoms with E-state index in [9.17, 15) is 18.4 Å². The highest BCUT2D eigenvalue weighted by Gasteiger charge is 2.20. The Labute approximate surface area is 182 Å². The van der Waals surface area contributed by atoms with Crippen LogP contribution in [-0.2, 0) is 12.3 Å². The summed E-state index contributed by atoms with van der Waals surface area (Å²) in [6, 6.07) is 9.86. The number of nitrogens with zero attached hydrogens (tertiary/aromatic N) is 3. The first kappa shape index (κ1) is 22.4. The first-order valence-electron chi connectivity index (χ1n) is 9.48. The number of aromatic nitrogens is 3. The minimum atomic E-state index is -0.714. The molecule has 0 radical (unpaired) electrons. The van der Waals surface area contributed by atoms with Gasteiger partial charge in [0.25, 0.3) is 11.8 Å². The molecule has 2 aromatic carbocycles. The molecule has 0 fully saturated rings. The molecule has 3 rings (SSSR count). The highest BCUT2D eigenvalue weighted by molar-refractivity contribution is 7.97. The van der Waals surface area contributed by atoms with Crippen LogP contribution in [0.15, 0.2) is 42.5 Å². The molecule has 0 saturated heterocycles. The molecule has 162 valence electrons. The predicted octanol–water partition coefficient (Wildman–Crippen LogP) is 3.09. The van der Waals surface area contributed by atoms with Gasteiger partial charge in [0.2, 0.25) is 0 Å². The molecule has 0 aliphatic rings. The van der Waals surface area contributed by atoms with Crippen LogP contribution >= 0.6 is 11.8 Å².